The van der Waals surface area contributed by atoms with Gasteiger partial charge in [0.25, 0.3) is 0 Å². The van der Waals surface area contributed by atoms with E-state index in [-0.39, 0.29) is 6.04 Å². The molecule has 0 saturated carbocycles. The number of aromatic amines is 1. The summed E-state index contributed by atoms with van der Waals surface area (Å²) in [4.78, 5) is 19.3. The van der Waals surface area contributed by atoms with Crippen molar-refractivity contribution in [2.45, 2.75) is 39.3 Å². The lowest BCUT2D eigenvalue weighted by Crippen LogP contribution is -2.34. The molecule has 0 aliphatic carbocycles. The molecule has 0 radical (unpaired) electrons. The molecular weight excluding hydrogens is 242 g/mol. The number of hydrogen-bond acceptors (Lipinski definition) is 3. The number of ether oxygens (including phenoxy) is 1. The number of amides is 1. The van der Waals surface area contributed by atoms with Crippen molar-refractivity contribution in [1.29, 1.82) is 0 Å². The fraction of sp³-hybridized carbons (Fsp3) is 0.429. The van der Waals surface area contributed by atoms with Gasteiger partial charge in [-0.3, -0.25) is 0 Å². The topological polar surface area (TPSA) is 67.0 Å². The molecule has 2 N–H and O–H groups in total. The van der Waals surface area contributed by atoms with Crippen LogP contribution in [-0.4, -0.2) is 21.7 Å². The summed E-state index contributed by atoms with van der Waals surface area (Å²) in [7, 11) is 0. The van der Waals surface area contributed by atoms with Crippen molar-refractivity contribution in [3.8, 4) is 0 Å². The summed E-state index contributed by atoms with van der Waals surface area (Å²) in [6.45, 7) is 7.36. The quantitative estimate of drug-likeness (QED) is 0.872. The zero-order chi connectivity index (χ0) is 14.0. The Kier molecular flexibility index (Phi) is 3.46. The van der Waals surface area contributed by atoms with E-state index in [0.29, 0.717) is 5.82 Å². The number of carbonyl (C=O) groups is 1. The highest BCUT2D eigenvalue weighted by Crippen LogP contribution is 2.16. The van der Waals surface area contributed by atoms with Crippen molar-refractivity contribution in [2.75, 3.05) is 0 Å². The molecule has 1 heterocycles. The molecule has 0 fully saturated rings. The summed E-state index contributed by atoms with van der Waals surface area (Å²) >= 11 is 0. The highest BCUT2D eigenvalue weighted by molar-refractivity contribution is 5.75. The summed E-state index contributed by atoms with van der Waals surface area (Å²) in [5.41, 5.74) is 1.34. The van der Waals surface area contributed by atoms with Gasteiger partial charge in [-0.15, -0.1) is 0 Å². The maximum absolute atomic E-state index is 11.7. The molecule has 0 unspecified atom stereocenters. The standard InChI is InChI=1S/C14H19N3O2/c1-9(15-13(18)19-14(2,3)4)12-16-10-7-5-6-8-11(10)17-12/h5-9H,1-4H3,(H,15,18)(H,16,17)/t9-/m0/s1. The zero-order valence-corrected chi connectivity index (χ0v) is 11.7. The predicted octanol–water partition coefficient (Wildman–Crippen LogP) is 3.15. The first-order valence-electron chi connectivity index (χ1n) is 6.29. The van der Waals surface area contributed by atoms with Gasteiger partial charge in [0.2, 0.25) is 0 Å². The van der Waals surface area contributed by atoms with Crippen molar-refractivity contribution in [1.82, 2.24) is 15.3 Å². The fourth-order valence-corrected chi connectivity index (χ4v) is 1.73. The van der Waals surface area contributed by atoms with Crippen LogP contribution in [0.3, 0.4) is 0 Å². The van der Waals surface area contributed by atoms with Crippen molar-refractivity contribution in [3.63, 3.8) is 0 Å². The first-order chi connectivity index (χ1) is 8.85. The van der Waals surface area contributed by atoms with Crippen LogP contribution in [0.15, 0.2) is 24.3 Å². The Hall–Kier alpha value is -2.04. The molecule has 2 aromatic rings. The summed E-state index contributed by atoms with van der Waals surface area (Å²) < 4.78 is 5.21. The first kappa shape index (κ1) is 13.4. The zero-order valence-electron chi connectivity index (χ0n) is 11.7. The van der Waals surface area contributed by atoms with E-state index in [1.54, 1.807) is 0 Å². The molecule has 102 valence electrons. The van der Waals surface area contributed by atoms with Crippen LogP contribution < -0.4 is 5.32 Å². The van der Waals surface area contributed by atoms with Gasteiger partial charge in [-0.1, -0.05) is 12.1 Å². The molecule has 0 saturated heterocycles. The van der Waals surface area contributed by atoms with Crippen LogP contribution in [0, 0.1) is 0 Å². The van der Waals surface area contributed by atoms with Gasteiger partial charge in [0.1, 0.15) is 11.4 Å². The van der Waals surface area contributed by atoms with Crippen molar-refractivity contribution >= 4 is 17.1 Å². The Morgan fingerprint density at radius 2 is 2.05 bits per heavy atom. The second-order valence-electron chi connectivity index (χ2n) is 5.51. The molecule has 1 atom stereocenters. The number of rotatable bonds is 2. The summed E-state index contributed by atoms with van der Waals surface area (Å²) in [5.74, 6) is 0.715. The van der Waals surface area contributed by atoms with Crippen LogP contribution in [0.1, 0.15) is 39.6 Å². The van der Waals surface area contributed by atoms with Crippen molar-refractivity contribution < 1.29 is 9.53 Å². The number of benzene rings is 1. The van der Waals surface area contributed by atoms with E-state index >= 15 is 0 Å². The summed E-state index contributed by atoms with van der Waals surface area (Å²) in [6.07, 6.45) is -0.444. The second-order valence-corrected chi connectivity index (χ2v) is 5.51. The minimum absolute atomic E-state index is 0.234. The third-order valence-corrected chi connectivity index (χ3v) is 2.55. The molecular formula is C14H19N3O2. The largest absolute Gasteiger partial charge is 0.444 e. The molecule has 2 rings (SSSR count). The monoisotopic (exact) mass is 261 g/mol. The third-order valence-electron chi connectivity index (χ3n) is 2.55. The molecule has 0 spiro atoms. The SMILES string of the molecule is C[C@H](NC(=O)OC(C)(C)C)c1nc2ccccc2[nH]1. The number of hydrogen-bond donors (Lipinski definition) is 2. The predicted molar refractivity (Wildman–Crippen MR) is 73.9 cm³/mol. The van der Waals surface area contributed by atoms with E-state index < -0.39 is 11.7 Å². The van der Waals surface area contributed by atoms with E-state index in [1.807, 2.05) is 52.0 Å². The van der Waals surface area contributed by atoms with Gasteiger partial charge in [-0.2, -0.15) is 0 Å². The van der Waals surface area contributed by atoms with E-state index in [2.05, 4.69) is 15.3 Å². The molecule has 5 heteroatoms. The number of imidazole rings is 1. The first-order valence-corrected chi connectivity index (χ1v) is 6.29. The highest BCUT2D eigenvalue weighted by Gasteiger charge is 2.19. The Morgan fingerprint density at radius 1 is 1.37 bits per heavy atom. The number of para-hydroxylation sites is 2. The molecule has 19 heavy (non-hydrogen) atoms. The molecule has 5 nitrogen and oxygen atoms in total. The number of nitrogens with zero attached hydrogens (tertiary/aromatic N) is 1. The van der Waals surface area contributed by atoms with Gasteiger partial charge in [-0.25, -0.2) is 9.78 Å². The van der Waals surface area contributed by atoms with E-state index in [9.17, 15) is 4.79 Å². The van der Waals surface area contributed by atoms with Crippen molar-refractivity contribution in [2.24, 2.45) is 0 Å². The average molecular weight is 261 g/mol. The fourth-order valence-electron chi connectivity index (χ4n) is 1.73. The highest BCUT2D eigenvalue weighted by atomic mass is 16.6. The van der Waals surface area contributed by atoms with Gasteiger partial charge in [0.15, 0.2) is 0 Å². The van der Waals surface area contributed by atoms with E-state index in [1.165, 1.54) is 0 Å². The lowest BCUT2D eigenvalue weighted by Gasteiger charge is -2.21. The minimum atomic E-state index is -0.502. The number of nitrogens with one attached hydrogen (secondary N) is 2. The number of aromatic nitrogens is 2. The number of H-pyrrole nitrogens is 1. The van der Waals surface area contributed by atoms with Gasteiger partial charge in [0.05, 0.1) is 17.1 Å². The van der Waals surface area contributed by atoms with Crippen LogP contribution in [0.4, 0.5) is 4.79 Å². The Labute approximate surface area is 112 Å². The maximum Gasteiger partial charge on any atom is 0.408 e. The molecule has 1 aromatic carbocycles. The normalized spacial score (nSPS) is 13.3. The van der Waals surface area contributed by atoms with E-state index in [4.69, 9.17) is 4.74 Å². The van der Waals surface area contributed by atoms with Crippen LogP contribution >= 0.6 is 0 Å². The van der Waals surface area contributed by atoms with Crippen molar-refractivity contribution in [3.05, 3.63) is 30.1 Å². The smallest absolute Gasteiger partial charge is 0.408 e. The molecule has 1 aromatic heterocycles. The summed E-state index contributed by atoms with van der Waals surface area (Å²) in [5, 5.41) is 2.76. The Morgan fingerprint density at radius 3 is 2.68 bits per heavy atom. The second kappa shape index (κ2) is 4.91. The Bertz CT molecular complexity index is 551. The lowest BCUT2D eigenvalue weighted by atomic mass is 10.2. The van der Waals surface area contributed by atoms with Crippen LogP contribution in [0.2, 0.25) is 0 Å². The summed E-state index contributed by atoms with van der Waals surface area (Å²) in [6, 6.07) is 7.51. The van der Waals surface area contributed by atoms with Crippen LogP contribution in [0.5, 0.6) is 0 Å². The number of fused-ring (bicyclic) bond motifs is 1. The van der Waals surface area contributed by atoms with Gasteiger partial charge >= 0.3 is 6.09 Å². The minimum Gasteiger partial charge on any atom is -0.444 e. The molecule has 0 aliphatic heterocycles. The lowest BCUT2D eigenvalue weighted by molar-refractivity contribution is 0.0506. The molecule has 1 amide bonds. The van der Waals surface area contributed by atoms with Gasteiger partial charge < -0.3 is 15.0 Å². The van der Waals surface area contributed by atoms with Gasteiger partial charge in [0, 0.05) is 0 Å². The van der Waals surface area contributed by atoms with E-state index in [0.717, 1.165) is 11.0 Å². The number of alkyl carbamates (subject to hydrolysis) is 1. The number of carbonyl (C=O) groups excluding carboxylic acids is 1. The third kappa shape index (κ3) is 3.47. The maximum atomic E-state index is 11.7. The molecule has 0 aliphatic rings. The average Bonchev–Trinajstić information content (AvgIpc) is 2.69. The van der Waals surface area contributed by atoms with Gasteiger partial charge in [-0.05, 0) is 39.8 Å². The van der Waals surface area contributed by atoms with Crippen LogP contribution in [-0.2, 0) is 4.74 Å². The molecule has 0 bridgehead atoms. The van der Waals surface area contributed by atoms with Crippen LogP contribution in [0.25, 0.3) is 11.0 Å². The Balaban J connectivity index is 2.07.